The van der Waals surface area contributed by atoms with Gasteiger partial charge in [-0.1, -0.05) is 17.7 Å². The van der Waals surface area contributed by atoms with E-state index >= 15 is 0 Å². The minimum Gasteiger partial charge on any atom is -0.397 e. The average molecular weight is 275 g/mol. The molecule has 3 N–H and O–H groups in total. The molecular weight excluding hydrogens is 260 g/mol. The highest BCUT2D eigenvalue weighted by Gasteiger charge is 2.17. The Balaban J connectivity index is 2.97. The van der Waals surface area contributed by atoms with Gasteiger partial charge in [-0.3, -0.25) is 0 Å². The van der Waals surface area contributed by atoms with Crippen LogP contribution in [-0.4, -0.2) is 14.5 Å². The summed E-state index contributed by atoms with van der Waals surface area (Å²) >= 11 is 5.73. The number of sulfonamides is 1. The molecule has 17 heavy (non-hydrogen) atoms. The number of halogens is 1. The number of anilines is 1. The van der Waals surface area contributed by atoms with Crippen LogP contribution in [0.25, 0.3) is 0 Å². The van der Waals surface area contributed by atoms with Gasteiger partial charge in [0.05, 0.1) is 15.6 Å². The number of rotatable bonds is 5. The highest BCUT2D eigenvalue weighted by molar-refractivity contribution is 7.89. The topological polar surface area (TPSA) is 72.2 Å². The third-order valence-electron chi connectivity index (χ3n) is 2.15. The van der Waals surface area contributed by atoms with Crippen LogP contribution in [0.5, 0.6) is 0 Å². The lowest BCUT2D eigenvalue weighted by atomic mass is 10.3. The first-order chi connectivity index (χ1) is 7.86. The molecule has 6 heteroatoms. The molecule has 0 fully saturated rings. The zero-order chi connectivity index (χ0) is 13.1. The molecule has 0 saturated heterocycles. The number of nitrogens with two attached hydrogens (primary N) is 1. The van der Waals surface area contributed by atoms with Crippen molar-refractivity contribution in [3.05, 3.63) is 35.9 Å². The van der Waals surface area contributed by atoms with E-state index in [9.17, 15) is 8.42 Å². The summed E-state index contributed by atoms with van der Waals surface area (Å²) in [5, 5.41) is 0.336. The summed E-state index contributed by atoms with van der Waals surface area (Å²) in [6, 6.07) is 4.01. The summed E-state index contributed by atoms with van der Waals surface area (Å²) < 4.78 is 26.4. The normalized spacial score (nSPS) is 13.3. The van der Waals surface area contributed by atoms with Crippen molar-refractivity contribution in [3.63, 3.8) is 0 Å². The van der Waals surface area contributed by atoms with Gasteiger partial charge in [-0.2, -0.15) is 0 Å². The molecule has 4 nitrogen and oxygen atoms in total. The van der Waals surface area contributed by atoms with E-state index in [4.69, 9.17) is 17.3 Å². The molecule has 0 heterocycles. The lowest BCUT2D eigenvalue weighted by Gasteiger charge is -2.12. The van der Waals surface area contributed by atoms with Gasteiger partial charge in [0.15, 0.2) is 0 Å². The first-order valence-electron chi connectivity index (χ1n) is 5.05. The van der Waals surface area contributed by atoms with Gasteiger partial charge in [0.25, 0.3) is 0 Å². The highest BCUT2D eigenvalue weighted by atomic mass is 35.5. The van der Waals surface area contributed by atoms with Gasteiger partial charge < -0.3 is 5.73 Å². The Morgan fingerprint density at radius 1 is 1.59 bits per heavy atom. The standard InChI is InChI=1S/C11H15ClN2O2S/c1-3-4-8(2)14-17(15,16)9-5-6-10(12)11(13)7-9/h3,5-8,14H,1,4,13H2,2H3. The third kappa shape index (κ3) is 3.73. The van der Waals surface area contributed by atoms with Crippen molar-refractivity contribution in [1.82, 2.24) is 4.72 Å². The fourth-order valence-corrected chi connectivity index (χ4v) is 2.73. The summed E-state index contributed by atoms with van der Waals surface area (Å²) in [5.41, 5.74) is 5.81. The predicted molar refractivity (Wildman–Crippen MR) is 70.5 cm³/mol. The first-order valence-corrected chi connectivity index (χ1v) is 6.91. The molecule has 0 amide bonds. The number of nitrogens with one attached hydrogen (secondary N) is 1. The van der Waals surface area contributed by atoms with E-state index < -0.39 is 10.0 Å². The van der Waals surface area contributed by atoms with Crippen LogP contribution in [0.2, 0.25) is 5.02 Å². The van der Waals surface area contributed by atoms with Gasteiger partial charge in [-0.25, -0.2) is 13.1 Å². The van der Waals surface area contributed by atoms with Crippen LogP contribution in [0, 0.1) is 0 Å². The van der Waals surface area contributed by atoms with Crippen molar-refractivity contribution in [2.75, 3.05) is 5.73 Å². The summed E-state index contributed by atoms with van der Waals surface area (Å²) in [6.45, 7) is 5.32. The molecule has 1 rings (SSSR count). The summed E-state index contributed by atoms with van der Waals surface area (Å²) in [6.07, 6.45) is 2.21. The minimum absolute atomic E-state index is 0.107. The highest BCUT2D eigenvalue weighted by Crippen LogP contribution is 2.22. The van der Waals surface area contributed by atoms with E-state index in [1.165, 1.54) is 18.2 Å². The fraction of sp³-hybridized carbons (Fsp3) is 0.273. The van der Waals surface area contributed by atoms with Crippen LogP contribution in [0.1, 0.15) is 13.3 Å². The van der Waals surface area contributed by atoms with Gasteiger partial charge in [0, 0.05) is 6.04 Å². The fourth-order valence-electron chi connectivity index (χ4n) is 1.32. The molecular formula is C11H15ClN2O2S. The number of nitrogen functional groups attached to an aromatic ring is 1. The quantitative estimate of drug-likeness (QED) is 0.638. The molecule has 0 aliphatic heterocycles. The van der Waals surface area contributed by atoms with E-state index in [1.807, 2.05) is 0 Å². The zero-order valence-corrected chi connectivity index (χ0v) is 11.1. The second-order valence-electron chi connectivity index (χ2n) is 3.73. The molecule has 0 spiro atoms. The minimum atomic E-state index is -3.56. The summed E-state index contributed by atoms with van der Waals surface area (Å²) in [4.78, 5) is 0.107. The van der Waals surface area contributed by atoms with Crippen LogP contribution in [0.4, 0.5) is 5.69 Å². The van der Waals surface area contributed by atoms with E-state index in [0.717, 1.165) is 0 Å². The Labute approximate surface area is 107 Å². The van der Waals surface area contributed by atoms with Crippen molar-refractivity contribution < 1.29 is 8.42 Å². The lowest BCUT2D eigenvalue weighted by Crippen LogP contribution is -2.32. The average Bonchev–Trinajstić information content (AvgIpc) is 2.21. The van der Waals surface area contributed by atoms with Crippen LogP contribution in [0.3, 0.4) is 0 Å². The largest absolute Gasteiger partial charge is 0.397 e. The van der Waals surface area contributed by atoms with Crippen LogP contribution in [-0.2, 0) is 10.0 Å². The second kappa shape index (κ2) is 5.53. The van der Waals surface area contributed by atoms with Crippen molar-refractivity contribution >= 4 is 27.3 Å². The van der Waals surface area contributed by atoms with Gasteiger partial charge >= 0.3 is 0 Å². The van der Waals surface area contributed by atoms with E-state index in [0.29, 0.717) is 11.4 Å². The van der Waals surface area contributed by atoms with Crippen molar-refractivity contribution in [3.8, 4) is 0 Å². The molecule has 1 unspecified atom stereocenters. The Morgan fingerprint density at radius 3 is 2.76 bits per heavy atom. The number of benzene rings is 1. The van der Waals surface area contributed by atoms with Crippen LogP contribution >= 0.6 is 11.6 Å². The molecule has 0 radical (unpaired) electrons. The van der Waals surface area contributed by atoms with E-state index in [1.54, 1.807) is 13.0 Å². The summed E-state index contributed by atoms with van der Waals surface area (Å²) in [7, 11) is -3.56. The van der Waals surface area contributed by atoms with E-state index in [-0.39, 0.29) is 16.6 Å². The first kappa shape index (κ1) is 14.0. The molecule has 1 aromatic rings. The molecule has 94 valence electrons. The smallest absolute Gasteiger partial charge is 0.240 e. The molecule has 0 aliphatic rings. The maximum atomic E-state index is 11.9. The maximum Gasteiger partial charge on any atom is 0.240 e. The monoisotopic (exact) mass is 274 g/mol. The Kier molecular flexibility index (Phi) is 4.56. The summed E-state index contributed by atoms with van der Waals surface area (Å²) in [5.74, 6) is 0. The van der Waals surface area contributed by atoms with Crippen molar-refractivity contribution in [1.29, 1.82) is 0 Å². The molecule has 1 aromatic carbocycles. The number of hydrogen-bond acceptors (Lipinski definition) is 3. The predicted octanol–water partition coefficient (Wildman–Crippen LogP) is 2.17. The maximum absolute atomic E-state index is 11.9. The lowest BCUT2D eigenvalue weighted by molar-refractivity contribution is 0.562. The SMILES string of the molecule is C=CCC(C)NS(=O)(=O)c1ccc(Cl)c(N)c1. The molecule has 0 saturated carbocycles. The Hall–Kier alpha value is -1.04. The Bertz CT molecular complexity index is 514. The van der Waals surface area contributed by atoms with Gasteiger partial charge in [-0.05, 0) is 31.5 Å². The van der Waals surface area contributed by atoms with Crippen molar-refractivity contribution in [2.45, 2.75) is 24.3 Å². The van der Waals surface area contributed by atoms with Crippen LogP contribution < -0.4 is 10.5 Å². The molecule has 0 aliphatic carbocycles. The zero-order valence-electron chi connectivity index (χ0n) is 9.48. The van der Waals surface area contributed by atoms with E-state index in [2.05, 4.69) is 11.3 Å². The third-order valence-corrected chi connectivity index (χ3v) is 4.09. The Morgan fingerprint density at radius 2 is 2.24 bits per heavy atom. The van der Waals surface area contributed by atoms with Gasteiger partial charge in [0.2, 0.25) is 10.0 Å². The second-order valence-corrected chi connectivity index (χ2v) is 5.85. The van der Waals surface area contributed by atoms with Gasteiger partial charge in [0.1, 0.15) is 0 Å². The molecule has 0 aromatic heterocycles. The van der Waals surface area contributed by atoms with Crippen LogP contribution in [0.15, 0.2) is 35.7 Å². The molecule has 0 bridgehead atoms. The van der Waals surface area contributed by atoms with Crippen molar-refractivity contribution in [2.24, 2.45) is 0 Å². The van der Waals surface area contributed by atoms with Gasteiger partial charge in [-0.15, -0.1) is 6.58 Å². The number of hydrogen-bond donors (Lipinski definition) is 2. The molecule has 1 atom stereocenters.